The van der Waals surface area contributed by atoms with Crippen LogP contribution in [0, 0.1) is 0 Å². The molecule has 0 aliphatic heterocycles. The van der Waals surface area contributed by atoms with Gasteiger partial charge in [-0.1, -0.05) is 58.8 Å². The summed E-state index contributed by atoms with van der Waals surface area (Å²) in [6, 6.07) is 0. The highest BCUT2D eigenvalue weighted by atomic mass is 32.2. The molecule has 0 fully saturated rings. The quantitative estimate of drug-likeness (QED) is 0.555. The van der Waals surface area contributed by atoms with E-state index in [1.165, 1.54) is 38.3 Å². The molecule has 5 heteroatoms. The van der Waals surface area contributed by atoms with Crippen molar-refractivity contribution in [2.24, 2.45) is 0 Å². The molecule has 4 nitrogen and oxygen atoms in total. The van der Waals surface area contributed by atoms with E-state index in [9.17, 15) is 8.42 Å². The molecule has 0 aliphatic carbocycles. The molecule has 1 atom stereocenters. The number of nitrogens with zero attached hydrogens (tertiary/aromatic N) is 1. The van der Waals surface area contributed by atoms with Crippen molar-refractivity contribution in [1.29, 1.82) is 0 Å². The summed E-state index contributed by atoms with van der Waals surface area (Å²) in [4.78, 5) is 3.93. The third-order valence-corrected chi connectivity index (χ3v) is 4.85. The molecule has 1 aromatic heterocycles. The Hall–Kier alpha value is -0.840. The maximum absolute atomic E-state index is 11.8. The fourth-order valence-electron chi connectivity index (χ4n) is 2.66. The summed E-state index contributed by atoms with van der Waals surface area (Å²) >= 11 is 0. The van der Waals surface area contributed by atoms with Gasteiger partial charge in [0.25, 0.3) is 0 Å². The lowest BCUT2D eigenvalue weighted by Crippen LogP contribution is -2.06. The summed E-state index contributed by atoms with van der Waals surface area (Å²) in [5.41, 5.74) is 0. The van der Waals surface area contributed by atoms with Crippen molar-refractivity contribution in [3.8, 4) is 0 Å². The maximum Gasteiger partial charge on any atom is 0.196 e. The number of aromatic nitrogens is 1. The van der Waals surface area contributed by atoms with Gasteiger partial charge in [-0.3, -0.25) is 0 Å². The van der Waals surface area contributed by atoms with Gasteiger partial charge in [-0.2, -0.15) is 0 Å². The molecular formula is C16H29NO3S. The van der Waals surface area contributed by atoms with Crippen LogP contribution in [0.25, 0.3) is 0 Å². The smallest absolute Gasteiger partial charge is 0.196 e. The predicted octanol–water partition coefficient (Wildman–Crippen LogP) is 4.71. The van der Waals surface area contributed by atoms with Crippen molar-refractivity contribution in [2.45, 2.75) is 82.6 Å². The van der Waals surface area contributed by atoms with Crippen molar-refractivity contribution in [3.05, 3.63) is 12.2 Å². The number of unbranched alkanes of at least 4 members (excludes halogenated alkanes) is 5. The van der Waals surface area contributed by atoms with Crippen molar-refractivity contribution >= 4 is 9.84 Å². The summed E-state index contributed by atoms with van der Waals surface area (Å²) < 4.78 is 29.1. The number of oxazole rings is 1. The summed E-state index contributed by atoms with van der Waals surface area (Å²) in [5, 5.41) is 0.138. The third kappa shape index (κ3) is 6.20. The zero-order valence-corrected chi connectivity index (χ0v) is 14.4. The highest BCUT2D eigenvalue weighted by Gasteiger charge is 2.25. The van der Waals surface area contributed by atoms with Crippen LogP contribution in [0.2, 0.25) is 0 Å². The maximum atomic E-state index is 11.8. The first-order valence-corrected chi connectivity index (χ1v) is 10.0. The van der Waals surface area contributed by atoms with Gasteiger partial charge in [-0.25, -0.2) is 13.4 Å². The van der Waals surface area contributed by atoms with Gasteiger partial charge in [0.05, 0.1) is 0 Å². The molecule has 0 radical (unpaired) electrons. The second-order valence-corrected chi connectivity index (χ2v) is 7.77. The van der Waals surface area contributed by atoms with Gasteiger partial charge in [0.1, 0.15) is 5.76 Å². The normalized spacial score (nSPS) is 13.5. The first kappa shape index (κ1) is 18.2. The summed E-state index contributed by atoms with van der Waals surface area (Å²) in [5.74, 6) is 0.755. The monoisotopic (exact) mass is 315 g/mol. The molecule has 0 spiro atoms. The van der Waals surface area contributed by atoms with Gasteiger partial charge in [-0.15, -0.1) is 0 Å². The first-order chi connectivity index (χ1) is 10.0. The SMILES string of the molecule is CCCCCCC(CCCCC)c1ocnc1S(C)(=O)=O. The van der Waals surface area contributed by atoms with E-state index in [4.69, 9.17) is 4.42 Å². The third-order valence-electron chi connectivity index (χ3n) is 3.84. The van der Waals surface area contributed by atoms with Crippen molar-refractivity contribution in [3.63, 3.8) is 0 Å². The lowest BCUT2D eigenvalue weighted by Gasteiger charge is -2.15. The Balaban J connectivity index is 2.77. The number of hydrogen-bond acceptors (Lipinski definition) is 4. The minimum Gasteiger partial charge on any atom is -0.447 e. The molecule has 0 saturated heterocycles. The predicted molar refractivity (Wildman–Crippen MR) is 85.3 cm³/mol. The molecule has 122 valence electrons. The van der Waals surface area contributed by atoms with Crippen LogP contribution in [0.4, 0.5) is 0 Å². The molecule has 0 bridgehead atoms. The summed E-state index contributed by atoms with van der Waals surface area (Å²) in [6.07, 6.45) is 12.6. The Morgan fingerprint density at radius 2 is 1.62 bits per heavy atom. The Kier molecular flexibility index (Phi) is 8.01. The minimum atomic E-state index is -3.31. The zero-order chi connectivity index (χ0) is 15.7. The van der Waals surface area contributed by atoms with Crippen LogP contribution in [-0.2, 0) is 9.84 Å². The van der Waals surface area contributed by atoms with E-state index in [0.717, 1.165) is 32.1 Å². The highest BCUT2D eigenvalue weighted by molar-refractivity contribution is 7.90. The van der Waals surface area contributed by atoms with E-state index in [1.807, 2.05) is 0 Å². The summed E-state index contributed by atoms with van der Waals surface area (Å²) in [7, 11) is -3.31. The molecule has 0 amide bonds. The lowest BCUT2D eigenvalue weighted by atomic mass is 9.93. The standard InChI is InChI=1S/C16H29NO3S/c1-4-6-8-10-12-14(11-9-7-5-2)15-16(17-13-20-15)21(3,18)19/h13-14H,4-12H2,1-3H3. The molecule has 1 rings (SSSR count). The van der Waals surface area contributed by atoms with Crippen LogP contribution in [0.3, 0.4) is 0 Å². The van der Waals surface area contributed by atoms with Crippen LogP contribution in [0.15, 0.2) is 15.8 Å². The van der Waals surface area contributed by atoms with Crippen molar-refractivity contribution in [2.75, 3.05) is 6.26 Å². The molecule has 0 aromatic carbocycles. The molecule has 21 heavy (non-hydrogen) atoms. The van der Waals surface area contributed by atoms with E-state index in [-0.39, 0.29) is 10.9 Å². The van der Waals surface area contributed by atoms with E-state index in [2.05, 4.69) is 18.8 Å². The molecule has 1 heterocycles. The highest BCUT2D eigenvalue weighted by Crippen LogP contribution is 2.32. The van der Waals surface area contributed by atoms with Gasteiger partial charge in [0.2, 0.25) is 0 Å². The van der Waals surface area contributed by atoms with Crippen molar-refractivity contribution in [1.82, 2.24) is 4.98 Å². The number of hydrogen-bond donors (Lipinski definition) is 0. The van der Waals surface area contributed by atoms with E-state index >= 15 is 0 Å². The molecule has 0 N–H and O–H groups in total. The van der Waals surface area contributed by atoms with Gasteiger partial charge < -0.3 is 4.42 Å². The zero-order valence-electron chi connectivity index (χ0n) is 13.6. The lowest BCUT2D eigenvalue weighted by molar-refractivity contribution is 0.398. The first-order valence-electron chi connectivity index (χ1n) is 8.14. The van der Waals surface area contributed by atoms with E-state index in [1.54, 1.807) is 0 Å². The van der Waals surface area contributed by atoms with E-state index in [0.29, 0.717) is 5.76 Å². The Bertz CT molecular complexity index is 493. The summed E-state index contributed by atoms with van der Waals surface area (Å²) in [6.45, 7) is 4.36. The van der Waals surface area contributed by atoms with Gasteiger partial charge in [0.15, 0.2) is 21.3 Å². The average Bonchev–Trinajstić information content (AvgIpc) is 2.91. The van der Waals surface area contributed by atoms with Crippen LogP contribution >= 0.6 is 0 Å². The molecule has 0 saturated carbocycles. The number of rotatable bonds is 11. The minimum absolute atomic E-state index is 0.138. The molecular weight excluding hydrogens is 286 g/mol. The fraction of sp³-hybridized carbons (Fsp3) is 0.812. The fourth-order valence-corrected chi connectivity index (χ4v) is 3.47. The topological polar surface area (TPSA) is 60.2 Å². The second kappa shape index (κ2) is 9.23. The van der Waals surface area contributed by atoms with Crippen LogP contribution in [0.1, 0.15) is 83.3 Å². The van der Waals surface area contributed by atoms with Crippen LogP contribution in [0.5, 0.6) is 0 Å². The Labute approximate surface area is 129 Å². The molecule has 0 aliphatic rings. The van der Waals surface area contributed by atoms with Crippen molar-refractivity contribution < 1.29 is 12.8 Å². The van der Waals surface area contributed by atoms with Crippen LogP contribution < -0.4 is 0 Å². The van der Waals surface area contributed by atoms with Gasteiger partial charge >= 0.3 is 0 Å². The molecule has 1 aromatic rings. The van der Waals surface area contributed by atoms with E-state index < -0.39 is 9.84 Å². The van der Waals surface area contributed by atoms with Gasteiger partial charge in [-0.05, 0) is 12.8 Å². The van der Waals surface area contributed by atoms with Gasteiger partial charge in [0, 0.05) is 12.2 Å². The molecule has 1 unspecified atom stereocenters. The number of sulfone groups is 1. The second-order valence-electron chi connectivity index (χ2n) is 5.84. The largest absolute Gasteiger partial charge is 0.447 e. The Morgan fingerprint density at radius 1 is 1.05 bits per heavy atom. The average molecular weight is 315 g/mol. The van der Waals surface area contributed by atoms with Crippen LogP contribution in [-0.4, -0.2) is 19.7 Å². The Morgan fingerprint density at radius 3 is 2.19 bits per heavy atom.